The monoisotopic (exact) mass is 205 g/mol. The Bertz CT molecular complexity index is 107. The van der Waals surface area contributed by atoms with Crippen molar-refractivity contribution in [1.29, 1.82) is 0 Å². The summed E-state index contributed by atoms with van der Waals surface area (Å²) in [5, 5.41) is 3.58. The number of thioether (sulfide) groups is 2. The molecule has 0 amide bonds. The summed E-state index contributed by atoms with van der Waals surface area (Å²) in [6.45, 7) is 5.74. The van der Waals surface area contributed by atoms with Gasteiger partial charge in [-0.15, -0.1) is 23.5 Å². The van der Waals surface area contributed by atoms with E-state index in [1.165, 1.54) is 30.9 Å². The van der Waals surface area contributed by atoms with Crippen LogP contribution in [0.15, 0.2) is 0 Å². The van der Waals surface area contributed by atoms with Crippen molar-refractivity contribution >= 4 is 23.5 Å². The molecule has 0 saturated carbocycles. The van der Waals surface area contributed by atoms with Gasteiger partial charge in [0.05, 0.1) is 4.58 Å². The summed E-state index contributed by atoms with van der Waals surface area (Å²) in [5.41, 5.74) is 0. The maximum Gasteiger partial charge on any atom is 0.0655 e. The summed E-state index contributed by atoms with van der Waals surface area (Å²) < 4.78 is 0.794. The molecule has 0 aromatic rings. The van der Waals surface area contributed by atoms with Crippen LogP contribution in [0.1, 0.15) is 26.7 Å². The van der Waals surface area contributed by atoms with Crippen molar-refractivity contribution in [2.45, 2.75) is 37.3 Å². The van der Waals surface area contributed by atoms with E-state index in [9.17, 15) is 0 Å². The van der Waals surface area contributed by atoms with Crippen molar-refractivity contribution in [1.82, 2.24) is 5.32 Å². The van der Waals surface area contributed by atoms with Crippen LogP contribution in [0.25, 0.3) is 0 Å². The fourth-order valence-electron chi connectivity index (χ4n) is 1.55. The standard InChI is InChI=1S/C9H19NS2/c1-3-11-9(12-4-2)8-6-5-7-10-8/h8-10H,3-7H2,1-2H3. The fourth-order valence-corrected chi connectivity index (χ4v) is 4.34. The van der Waals surface area contributed by atoms with Crippen LogP contribution >= 0.6 is 23.5 Å². The van der Waals surface area contributed by atoms with E-state index < -0.39 is 0 Å². The van der Waals surface area contributed by atoms with Crippen molar-refractivity contribution in [3.63, 3.8) is 0 Å². The maximum absolute atomic E-state index is 3.58. The highest BCUT2D eigenvalue weighted by molar-refractivity contribution is 8.17. The highest BCUT2D eigenvalue weighted by Crippen LogP contribution is 2.30. The average Bonchev–Trinajstić information content (AvgIpc) is 2.56. The lowest BCUT2D eigenvalue weighted by molar-refractivity contribution is 0.654. The first kappa shape index (κ1) is 10.7. The van der Waals surface area contributed by atoms with Gasteiger partial charge in [-0.25, -0.2) is 0 Å². The zero-order valence-electron chi connectivity index (χ0n) is 8.01. The van der Waals surface area contributed by atoms with Crippen LogP contribution < -0.4 is 5.32 Å². The predicted octanol–water partition coefficient (Wildman–Crippen LogP) is 2.57. The van der Waals surface area contributed by atoms with E-state index in [-0.39, 0.29) is 0 Å². The summed E-state index contributed by atoms with van der Waals surface area (Å²) in [5.74, 6) is 2.49. The Morgan fingerprint density at radius 3 is 2.42 bits per heavy atom. The first-order valence-electron chi connectivity index (χ1n) is 4.85. The molecule has 1 atom stereocenters. The van der Waals surface area contributed by atoms with Crippen LogP contribution in [-0.4, -0.2) is 28.7 Å². The van der Waals surface area contributed by atoms with E-state index in [0.29, 0.717) is 0 Å². The molecule has 0 aliphatic carbocycles. The van der Waals surface area contributed by atoms with Crippen molar-refractivity contribution < 1.29 is 0 Å². The first-order chi connectivity index (χ1) is 5.88. The van der Waals surface area contributed by atoms with Crippen LogP contribution in [0.2, 0.25) is 0 Å². The van der Waals surface area contributed by atoms with Gasteiger partial charge in [0, 0.05) is 6.04 Å². The SMILES string of the molecule is CCSC(SCC)C1CCCN1. The van der Waals surface area contributed by atoms with Gasteiger partial charge in [-0.05, 0) is 30.9 Å². The second-order valence-electron chi connectivity index (χ2n) is 2.98. The highest BCUT2D eigenvalue weighted by Gasteiger charge is 2.23. The lowest BCUT2D eigenvalue weighted by atomic mass is 10.2. The van der Waals surface area contributed by atoms with Gasteiger partial charge in [-0.2, -0.15) is 0 Å². The Balaban J connectivity index is 2.29. The summed E-state index contributed by atoms with van der Waals surface area (Å²) >= 11 is 4.20. The van der Waals surface area contributed by atoms with Crippen molar-refractivity contribution in [3.05, 3.63) is 0 Å². The number of hydrogen-bond acceptors (Lipinski definition) is 3. The molecule has 1 saturated heterocycles. The Morgan fingerprint density at radius 1 is 1.33 bits per heavy atom. The Morgan fingerprint density at radius 2 is 2.00 bits per heavy atom. The molecule has 12 heavy (non-hydrogen) atoms. The van der Waals surface area contributed by atoms with E-state index in [4.69, 9.17) is 0 Å². The zero-order valence-corrected chi connectivity index (χ0v) is 9.64. The fraction of sp³-hybridized carbons (Fsp3) is 1.00. The lowest BCUT2D eigenvalue weighted by Crippen LogP contribution is -2.30. The highest BCUT2D eigenvalue weighted by atomic mass is 32.2. The molecule has 1 rings (SSSR count). The molecule has 1 aliphatic heterocycles. The van der Waals surface area contributed by atoms with Gasteiger partial charge >= 0.3 is 0 Å². The molecule has 0 aromatic heterocycles. The summed E-state index contributed by atoms with van der Waals surface area (Å²) in [4.78, 5) is 0. The third-order valence-corrected chi connectivity index (χ3v) is 4.89. The molecular formula is C9H19NS2. The molecule has 72 valence electrons. The van der Waals surface area contributed by atoms with Gasteiger partial charge in [0.1, 0.15) is 0 Å². The van der Waals surface area contributed by atoms with Crippen LogP contribution in [0.5, 0.6) is 0 Å². The number of nitrogens with one attached hydrogen (secondary N) is 1. The van der Waals surface area contributed by atoms with Crippen LogP contribution in [0.3, 0.4) is 0 Å². The molecule has 0 bridgehead atoms. The number of hydrogen-bond donors (Lipinski definition) is 1. The number of rotatable bonds is 5. The quantitative estimate of drug-likeness (QED) is 0.693. The molecule has 0 spiro atoms. The minimum atomic E-state index is 0.778. The van der Waals surface area contributed by atoms with E-state index in [0.717, 1.165) is 10.6 Å². The molecule has 0 aromatic carbocycles. The van der Waals surface area contributed by atoms with Crippen molar-refractivity contribution in [2.75, 3.05) is 18.1 Å². The zero-order chi connectivity index (χ0) is 8.81. The second kappa shape index (κ2) is 6.17. The third kappa shape index (κ3) is 3.19. The minimum Gasteiger partial charge on any atom is -0.312 e. The predicted molar refractivity (Wildman–Crippen MR) is 61.1 cm³/mol. The van der Waals surface area contributed by atoms with Crippen molar-refractivity contribution in [2.24, 2.45) is 0 Å². The Hall–Kier alpha value is 0.660. The van der Waals surface area contributed by atoms with Crippen LogP contribution in [-0.2, 0) is 0 Å². The molecule has 1 unspecified atom stereocenters. The van der Waals surface area contributed by atoms with E-state index >= 15 is 0 Å². The minimum absolute atomic E-state index is 0.778. The molecule has 1 nitrogen and oxygen atoms in total. The molecule has 1 N–H and O–H groups in total. The van der Waals surface area contributed by atoms with Gasteiger partial charge in [0.2, 0.25) is 0 Å². The van der Waals surface area contributed by atoms with Gasteiger partial charge in [0.25, 0.3) is 0 Å². The van der Waals surface area contributed by atoms with Gasteiger partial charge in [-0.1, -0.05) is 13.8 Å². The second-order valence-corrected chi connectivity index (χ2v) is 6.12. The largest absolute Gasteiger partial charge is 0.312 e. The smallest absolute Gasteiger partial charge is 0.0655 e. The molecule has 1 heterocycles. The summed E-state index contributed by atoms with van der Waals surface area (Å²) in [6.07, 6.45) is 2.75. The Kier molecular flexibility index (Phi) is 5.52. The van der Waals surface area contributed by atoms with Crippen molar-refractivity contribution in [3.8, 4) is 0 Å². The molecule has 0 radical (unpaired) electrons. The molecular weight excluding hydrogens is 186 g/mol. The summed E-state index contributed by atoms with van der Waals surface area (Å²) in [7, 11) is 0. The first-order valence-corrected chi connectivity index (χ1v) is 6.94. The summed E-state index contributed by atoms with van der Waals surface area (Å²) in [6, 6.07) is 0.778. The molecule has 1 aliphatic rings. The van der Waals surface area contributed by atoms with E-state index in [1.54, 1.807) is 0 Å². The molecule has 3 heteroatoms. The maximum atomic E-state index is 3.58. The topological polar surface area (TPSA) is 12.0 Å². The average molecular weight is 205 g/mol. The van der Waals surface area contributed by atoms with E-state index in [2.05, 4.69) is 42.7 Å². The lowest BCUT2D eigenvalue weighted by Gasteiger charge is -2.21. The third-order valence-electron chi connectivity index (χ3n) is 2.09. The van der Waals surface area contributed by atoms with Crippen LogP contribution in [0, 0.1) is 0 Å². The van der Waals surface area contributed by atoms with Gasteiger partial charge in [0.15, 0.2) is 0 Å². The Labute approximate surface area is 84.4 Å². The molecule has 1 fully saturated rings. The van der Waals surface area contributed by atoms with E-state index in [1.807, 2.05) is 0 Å². The van der Waals surface area contributed by atoms with Gasteiger partial charge in [-0.3, -0.25) is 0 Å². The normalized spacial score (nSPS) is 23.8. The van der Waals surface area contributed by atoms with Crippen LogP contribution in [0.4, 0.5) is 0 Å². The van der Waals surface area contributed by atoms with Gasteiger partial charge < -0.3 is 5.32 Å².